The Hall–Kier alpha value is -3.20. The Bertz CT molecular complexity index is 1150. The van der Waals surface area contributed by atoms with Gasteiger partial charge in [0.1, 0.15) is 5.56 Å². The Balaban J connectivity index is 1.62. The van der Waals surface area contributed by atoms with Gasteiger partial charge in [-0.1, -0.05) is 6.08 Å². The number of hydrogen-bond donors (Lipinski definition) is 4. The van der Waals surface area contributed by atoms with Crippen LogP contribution in [0.25, 0.3) is 0 Å². The number of H-pyrrole nitrogens is 1. The van der Waals surface area contributed by atoms with Crippen LogP contribution in [0.15, 0.2) is 51.5 Å². The molecule has 8 nitrogen and oxygen atoms in total. The van der Waals surface area contributed by atoms with Crippen LogP contribution in [0.3, 0.4) is 0 Å². The number of anilines is 1. The molecule has 1 aliphatic rings. The minimum absolute atomic E-state index is 0.0369. The summed E-state index contributed by atoms with van der Waals surface area (Å²) in [6.07, 6.45) is 5.16. The fraction of sp³-hybridized carbons (Fsp3) is 0.286. The second-order valence-electron chi connectivity index (χ2n) is 7.11. The molecule has 0 saturated carbocycles. The van der Waals surface area contributed by atoms with E-state index >= 15 is 0 Å². The molecule has 0 fully saturated rings. The zero-order chi connectivity index (χ0) is 21.7. The van der Waals surface area contributed by atoms with Crippen molar-refractivity contribution in [2.75, 3.05) is 11.9 Å². The topological polar surface area (TPSA) is 132 Å². The second-order valence-corrected chi connectivity index (χ2v) is 9.06. The molecular weight excluding hydrogens is 404 g/mol. The van der Waals surface area contributed by atoms with Gasteiger partial charge in [0.15, 0.2) is 0 Å². The summed E-state index contributed by atoms with van der Waals surface area (Å²) >= 11 is 0. The van der Waals surface area contributed by atoms with Crippen molar-refractivity contribution in [2.24, 2.45) is 0 Å². The van der Waals surface area contributed by atoms with Crippen molar-refractivity contribution in [2.45, 2.75) is 37.5 Å². The van der Waals surface area contributed by atoms with Crippen molar-refractivity contribution >= 4 is 27.2 Å². The summed E-state index contributed by atoms with van der Waals surface area (Å²) < 4.78 is 20.6. The molecule has 1 aliphatic carbocycles. The van der Waals surface area contributed by atoms with E-state index in [1.54, 1.807) is 18.2 Å². The summed E-state index contributed by atoms with van der Waals surface area (Å²) in [5.41, 5.74) is 2.09. The minimum atomic E-state index is -3.20. The molecule has 0 aliphatic heterocycles. The molecule has 9 heteroatoms. The number of benzene rings is 1. The Kier molecular flexibility index (Phi) is 6.51. The van der Waals surface area contributed by atoms with Crippen molar-refractivity contribution in [1.29, 1.82) is 4.78 Å². The highest BCUT2D eigenvalue weighted by Crippen LogP contribution is 2.19. The van der Waals surface area contributed by atoms with E-state index in [1.165, 1.54) is 30.5 Å². The number of aryl methyl sites for hydroxylation is 2. The van der Waals surface area contributed by atoms with Crippen molar-refractivity contribution in [3.63, 3.8) is 0 Å². The quantitative estimate of drug-likeness (QED) is 0.563. The molecule has 2 aromatic rings. The first-order valence-electron chi connectivity index (χ1n) is 9.62. The molecule has 0 spiro atoms. The van der Waals surface area contributed by atoms with E-state index in [0.29, 0.717) is 5.69 Å². The summed E-state index contributed by atoms with van der Waals surface area (Å²) in [6.45, 7) is 1.42. The van der Waals surface area contributed by atoms with E-state index in [0.717, 1.165) is 36.9 Å². The number of rotatable bonds is 6. The number of pyridine rings is 1. The largest absolute Gasteiger partial charge is 0.348 e. The monoisotopic (exact) mass is 428 g/mol. The fourth-order valence-electron chi connectivity index (χ4n) is 3.30. The van der Waals surface area contributed by atoms with Crippen LogP contribution in [-0.2, 0) is 27.4 Å². The first kappa shape index (κ1) is 21.5. The number of fused-ring (bicyclic) bond motifs is 1. The highest BCUT2D eigenvalue weighted by molar-refractivity contribution is 7.95. The van der Waals surface area contributed by atoms with Crippen molar-refractivity contribution in [1.82, 2.24) is 10.3 Å². The van der Waals surface area contributed by atoms with E-state index < -0.39 is 21.2 Å². The van der Waals surface area contributed by atoms with Crippen molar-refractivity contribution < 1.29 is 13.8 Å². The van der Waals surface area contributed by atoms with Crippen LogP contribution in [0, 0.1) is 4.78 Å². The molecule has 1 aromatic carbocycles. The molecule has 1 heterocycles. The van der Waals surface area contributed by atoms with Gasteiger partial charge in [-0.25, -0.2) is 8.99 Å². The summed E-state index contributed by atoms with van der Waals surface area (Å²) in [4.78, 5) is 38.6. The highest BCUT2D eigenvalue weighted by atomic mass is 32.2. The number of amides is 2. The standard InChI is InChI=1S/C21H24N4O4S/c1-14(26)24-16-7-9-17(10-8-16)30(22,29)12-4-11-23-20(27)18-13-15-5-2-3-6-19(15)25-21(18)28/h4,7-10,12-13,22H,2-3,5-6,11H2,1H3,(H,23,27)(H,24,26)(H,25,28)/b12-4+. The first-order chi connectivity index (χ1) is 14.3. The third kappa shape index (κ3) is 5.24. The average molecular weight is 429 g/mol. The fourth-order valence-corrected chi connectivity index (χ4v) is 4.36. The number of carbonyl (C=O) groups excluding carboxylic acids is 2. The van der Waals surface area contributed by atoms with Gasteiger partial charge < -0.3 is 15.6 Å². The molecule has 1 aromatic heterocycles. The summed E-state index contributed by atoms with van der Waals surface area (Å²) in [5.74, 6) is -0.729. The molecule has 3 rings (SSSR count). The summed E-state index contributed by atoms with van der Waals surface area (Å²) in [6, 6.07) is 7.81. The van der Waals surface area contributed by atoms with E-state index in [2.05, 4.69) is 15.6 Å². The first-order valence-corrected chi connectivity index (χ1v) is 11.2. The van der Waals surface area contributed by atoms with Crippen LogP contribution in [0.4, 0.5) is 5.69 Å². The molecule has 1 atom stereocenters. The maximum Gasteiger partial charge on any atom is 0.261 e. The lowest BCUT2D eigenvalue weighted by molar-refractivity contribution is -0.114. The number of aromatic amines is 1. The van der Waals surface area contributed by atoms with Gasteiger partial charge in [-0.3, -0.25) is 14.4 Å². The van der Waals surface area contributed by atoms with Crippen LogP contribution in [-0.4, -0.2) is 27.6 Å². The average Bonchev–Trinajstić information content (AvgIpc) is 2.70. The van der Waals surface area contributed by atoms with Crippen molar-refractivity contribution in [3.05, 3.63) is 69.0 Å². The number of carbonyl (C=O) groups is 2. The zero-order valence-electron chi connectivity index (χ0n) is 16.6. The molecule has 30 heavy (non-hydrogen) atoms. The van der Waals surface area contributed by atoms with Gasteiger partial charge in [0, 0.05) is 30.3 Å². The lowest BCUT2D eigenvalue weighted by Gasteiger charge is -2.15. The smallest absolute Gasteiger partial charge is 0.261 e. The van der Waals surface area contributed by atoms with Crippen LogP contribution in [0.5, 0.6) is 0 Å². The predicted molar refractivity (Wildman–Crippen MR) is 115 cm³/mol. The summed E-state index contributed by atoms with van der Waals surface area (Å²) in [7, 11) is -3.20. The SMILES string of the molecule is CC(=O)Nc1ccc(S(=N)(=O)/C=C/CNC(=O)c2cc3c([nH]c2=O)CCCC3)cc1. The maximum absolute atomic E-state index is 12.6. The van der Waals surface area contributed by atoms with Gasteiger partial charge in [0.2, 0.25) is 5.91 Å². The number of hydrogen-bond acceptors (Lipinski definition) is 5. The molecule has 158 valence electrons. The van der Waals surface area contributed by atoms with Gasteiger partial charge in [-0.05, 0) is 61.6 Å². The molecule has 0 saturated heterocycles. The van der Waals surface area contributed by atoms with E-state index in [-0.39, 0.29) is 22.9 Å². The Morgan fingerprint density at radius 3 is 2.60 bits per heavy atom. The van der Waals surface area contributed by atoms with Gasteiger partial charge in [-0.15, -0.1) is 0 Å². The Morgan fingerprint density at radius 1 is 1.20 bits per heavy atom. The maximum atomic E-state index is 12.6. The molecule has 4 N–H and O–H groups in total. The second kappa shape index (κ2) is 9.08. The molecular formula is C21H24N4O4S. The van der Waals surface area contributed by atoms with Gasteiger partial charge in [-0.2, -0.15) is 0 Å². The Morgan fingerprint density at radius 2 is 1.90 bits per heavy atom. The highest BCUT2D eigenvalue weighted by Gasteiger charge is 2.16. The normalized spacial score (nSPS) is 15.2. The summed E-state index contributed by atoms with van der Waals surface area (Å²) in [5, 5.41) is 6.42. The van der Waals surface area contributed by atoms with Crippen LogP contribution in [0.1, 0.15) is 41.4 Å². The lowest BCUT2D eigenvalue weighted by atomic mass is 9.95. The number of aromatic nitrogens is 1. The van der Waals surface area contributed by atoms with Crippen molar-refractivity contribution in [3.8, 4) is 0 Å². The molecule has 1 unspecified atom stereocenters. The van der Waals surface area contributed by atoms with Crippen LogP contribution in [0.2, 0.25) is 0 Å². The third-order valence-corrected chi connectivity index (χ3v) is 6.32. The molecule has 2 amide bonds. The zero-order valence-corrected chi connectivity index (χ0v) is 17.4. The van der Waals surface area contributed by atoms with Crippen LogP contribution < -0.4 is 16.2 Å². The number of nitrogens with one attached hydrogen (secondary N) is 4. The van der Waals surface area contributed by atoms with E-state index in [1.807, 2.05) is 0 Å². The van der Waals surface area contributed by atoms with E-state index in [4.69, 9.17) is 4.78 Å². The minimum Gasteiger partial charge on any atom is -0.348 e. The van der Waals surface area contributed by atoms with Gasteiger partial charge in [0.05, 0.1) is 14.6 Å². The van der Waals surface area contributed by atoms with Gasteiger partial charge in [0.25, 0.3) is 11.5 Å². The Labute approximate surface area is 174 Å². The van der Waals surface area contributed by atoms with Gasteiger partial charge >= 0.3 is 0 Å². The van der Waals surface area contributed by atoms with E-state index in [9.17, 15) is 18.6 Å². The third-order valence-electron chi connectivity index (χ3n) is 4.78. The lowest BCUT2D eigenvalue weighted by Crippen LogP contribution is -2.31. The van der Waals surface area contributed by atoms with Crippen LogP contribution >= 0.6 is 0 Å². The predicted octanol–water partition coefficient (Wildman–Crippen LogP) is 2.56. The molecule has 0 bridgehead atoms. The molecule has 0 radical (unpaired) electrons.